The van der Waals surface area contributed by atoms with Crippen molar-refractivity contribution in [2.24, 2.45) is 0 Å². The van der Waals surface area contributed by atoms with Gasteiger partial charge in [-0.15, -0.1) is 0 Å². The maximum Gasteiger partial charge on any atom is 0.251 e. The number of likely N-dealkylation sites (N-methyl/N-ethyl adjacent to an activating group) is 1. The molecule has 0 bridgehead atoms. The van der Waals surface area contributed by atoms with E-state index in [9.17, 15) is 4.79 Å². The highest BCUT2D eigenvalue weighted by molar-refractivity contribution is 5.95. The van der Waals surface area contributed by atoms with Crippen LogP contribution in [0.5, 0.6) is 0 Å². The Morgan fingerprint density at radius 3 is 3.00 bits per heavy atom. The van der Waals surface area contributed by atoms with Crippen molar-refractivity contribution in [3.8, 4) is 0 Å². The fraction of sp³-hybridized carbons (Fsp3) is 0.500. The molecule has 1 amide bonds. The number of hydrogen-bond acceptors (Lipinski definition) is 3. The second kappa shape index (κ2) is 5.40. The van der Waals surface area contributed by atoms with Gasteiger partial charge in [0.1, 0.15) is 0 Å². The Labute approximate surface area is 108 Å². The van der Waals surface area contributed by atoms with Crippen LogP contribution in [0.2, 0.25) is 0 Å². The van der Waals surface area contributed by atoms with E-state index in [2.05, 4.69) is 22.5 Å². The molecule has 0 saturated heterocycles. The number of rotatable bonds is 4. The Morgan fingerprint density at radius 1 is 1.50 bits per heavy atom. The summed E-state index contributed by atoms with van der Waals surface area (Å²) in [7, 11) is 4.02. The number of amides is 1. The van der Waals surface area contributed by atoms with Crippen LogP contribution in [0.1, 0.15) is 22.8 Å². The lowest BCUT2D eigenvalue weighted by Crippen LogP contribution is -2.38. The van der Waals surface area contributed by atoms with Gasteiger partial charge >= 0.3 is 0 Å². The standard InChI is InChI=1S/C14H21N3O/c1-10(17(2)3)9-16-14(18)12-4-5-13-11(8-12)6-7-15-13/h4-5,8,10,15H,6-7,9H2,1-3H3,(H,16,18). The first-order valence-corrected chi connectivity index (χ1v) is 6.39. The number of hydrogen-bond donors (Lipinski definition) is 2. The summed E-state index contributed by atoms with van der Waals surface area (Å²) < 4.78 is 0. The minimum Gasteiger partial charge on any atom is -0.384 e. The van der Waals surface area contributed by atoms with Gasteiger partial charge in [-0.05, 0) is 51.2 Å². The molecule has 4 nitrogen and oxygen atoms in total. The van der Waals surface area contributed by atoms with Gasteiger partial charge in [-0.25, -0.2) is 0 Å². The second-order valence-corrected chi connectivity index (χ2v) is 5.07. The van der Waals surface area contributed by atoms with E-state index in [4.69, 9.17) is 0 Å². The zero-order chi connectivity index (χ0) is 13.1. The van der Waals surface area contributed by atoms with E-state index in [0.717, 1.165) is 24.2 Å². The number of fused-ring (bicyclic) bond motifs is 1. The molecule has 2 N–H and O–H groups in total. The molecule has 1 aliphatic heterocycles. The molecule has 1 atom stereocenters. The molecular weight excluding hydrogens is 226 g/mol. The summed E-state index contributed by atoms with van der Waals surface area (Å²) in [5, 5.41) is 6.26. The minimum absolute atomic E-state index is 0.0124. The van der Waals surface area contributed by atoms with Crippen molar-refractivity contribution in [2.45, 2.75) is 19.4 Å². The van der Waals surface area contributed by atoms with Gasteiger partial charge in [-0.1, -0.05) is 0 Å². The van der Waals surface area contributed by atoms with Gasteiger partial charge in [0, 0.05) is 30.4 Å². The number of nitrogens with zero attached hydrogens (tertiary/aromatic N) is 1. The van der Waals surface area contributed by atoms with Crippen molar-refractivity contribution in [3.63, 3.8) is 0 Å². The van der Waals surface area contributed by atoms with E-state index in [1.165, 1.54) is 5.56 Å². The summed E-state index contributed by atoms with van der Waals surface area (Å²) in [5.41, 5.74) is 3.15. The molecule has 0 aliphatic carbocycles. The van der Waals surface area contributed by atoms with Gasteiger partial charge in [0.15, 0.2) is 0 Å². The van der Waals surface area contributed by atoms with Crippen molar-refractivity contribution in [1.29, 1.82) is 0 Å². The van der Waals surface area contributed by atoms with Crippen LogP contribution < -0.4 is 10.6 Å². The van der Waals surface area contributed by atoms with Gasteiger partial charge in [-0.2, -0.15) is 0 Å². The van der Waals surface area contributed by atoms with Gasteiger partial charge in [-0.3, -0.25) is 4.79 Å². The van der Waals surface area contributed by atoms with Crippen LogP contribution in [0, 0.1) is 0 Å². The molecule has 1 heterocycles. The molecule has 1 aromatic carbocycles. The highest BCUT2D eigenvalue weighted by atomic mass is 16.1. The van der Waals surface area contributed by atoms with E-state index >= 15 is 0 Å². The zero-order valence-corrected chi connectivity index (χ0v) is 11.3. The van der Waals surface area contributed by atoms with E-state index in [-0.39, 0.29) is 5.91 Å². The Morgan fingerprint density at radius 2 is 2.28 bits per heavy atom. The number of benzene rings is 1. The minimum atomic E-state index is 0.0124. The number of carbonyl (C=O) groups is 1. The van der Waals surface area contributed by atoms with Gasteiger partial charge < -0.3 is 15.5 Å². The first kappa shape index (κ1) is 12.9. The molecule has 18 heavy (non-hydrogen) atoms. The Balaban J connectivity index is 1.97. The van der Waals surface area contributed by atoms with E-state index in [1.54, 1.807) is 0 Å². The molecule has 0 aromatic heterocycles. The highest BCUT2D eigenvalue weighted by Gasteiger charge is 2.14. The summed E-state index contributed by atoms with van der Waals surface area (Å²) in [6, 6.07) is 6.20. The molecule has 1 aromatic rings. The number of nitrogens with one attached hydrogen (secondary N) is 2. The molecule has 0 saturated carbocycles. The molecule has 4 heteroatoms. The van der Waals surface area contributed by atoms with Crippen molar-refractivity contribution in [3.05, 3.63) is 29.3 Å². The first-order valence-electron chi connectivity index (χ1n) is 6.39. The molecule has 0 radical (unpaired) electrons. The van der Waals surface area contributed by atoms with Crippen LogP contribution in [0.15, 0.2) is 18.2 Å². The van der Waals surface area contributed by atoms with Crippen LogP contribution in [-0.2, 0) is 6.42 Å². The summed E-state index contributed by atoms with van der Waals surface area (Å²) in [6.45, 7) is 3.73. The number of carbonyl (C=O) groups excluding carboxylic acids is 1. The number of anilines is 1. The second-order valence-electron chi connectivity index (χ2n) is 5.07. The Bertz CT molecular complexity index is 443. The van der Waals surface area contributed by atoms with Crippen LogP contribution >= 0.6 is 0 Å². The molecule has 2 rings (SSSR count). The van der Waals surface area contributed by atoms with E-state index in [0.29, 0.717) is 12.6 Å². The van der Waals surface area contributed by atoms with Crippen molar-refractivity contribution in [2.75, 3.05) is 32.5 Å². The lowest BCUT2D eigenvalue weighted by Gasteiger charge is -2.20. The molecule has 0 spiro atoms. The first-order chi connectivity index (χ1) is 8.58. The third-order valence-electron chi connectivity index (χ3n) is 3.52. The third kappa shape index (κ3) is 2.82. The normalized spacial score (nSPS) is 15.1. The average molecular weight is 247 g/mol. The maximum absolute atomic E-state index is 12.0. The Kier molecular flexibility index (Phi) is 3.87. The van der Waals surface area contributed by atoms with Gasteiger partial charge in [0.25, 0.3) is 5.91 Å². The smallest absolute Gasteiger partial charge is 0.251 e. The summed E-state index contributed by atoms with van der Waals surface area (Å²) in [4.78, 5) is 14.1. The van der Waals surface area contributed by atoms with Crippen LogP contribution in [0.25, 0.3) is 0 Å². The van der Waals surface area contributed by atoms with Gasteiger partial charge in [0.2, 0.25) is 0 Å². The van der Waals surface area contributed by atoms with Crippen LogP contribution in [-0.4, -0.2) is 44.0 Å². The quantitative estimate of drug-likeness (QED) is 0.844. The van der Waals surface area contributed by atoms with Crippen molar-refractivity contribution < 1.29 is 4.79 Å². The third-order valence-corrected chi connectivity index (χ3v) is 3.52. The monoisotopic (exact) mass is 247 g/mol. The van der Waals surface area contributed by atoms with Crippen LogP contribution in [0.4, 0.5) is 5.69 Å². The van der Waals surface area contributed by atoms with Crippen LogP contribution in [0.3, 0.4) is 0 Å². The topological polar surface area (TPSA) is 44.4 Å². The summed E-state index contributed by atoms with van der Waals surface area (Å²) in [5.74, 6) is 0.0124. The Hall–Kier alpha value is -1.55. The lowest BCUT2D eigenvalue weighted by atomic mass is 10.1. The maximum atomic E-state index is 12.0. The molecule has 1 aliphatic rings. The zero-order valence-electron chi connectivity index (χ0n) is 11.3. The predicted octanol–water partition coefficient (Wildman–Crippen LogP) is 1.33. The SMILES string of the molecule is CC(CNC(=O)c1ccc2c(c1)CCN2)N(C)C. The highest BCUT2D eigenvalue weighted by Crippen LogP contribution is 2.22. The van der Waals surface area contributed by atoms with Crippen molar-refractivity contribution >= 4 is 11.6 Å². The largest absolute Gasteiger partial charge is 0.384 e. The average Bonchev–Trinajstić information content (AvgIpc) is 2.82. The van der Waals surface area contributed by atoms with E-state index in [1.807, 2.05) is 32.3 Å². The lowest BCUT2D eigenvalue weighted by molar-refractivity contribution is 0.0943. The van der Waals surface area contributed by atoms with Gasteiger partial charge in [0.05, 0.1) is 0 Å². The molecule has 98 valence electrons. The predicted molar refractivity (Wildman–Crippen MR) is 74.1 cm³/mol. The fourth-order valence-electron chi connectivity index (χ4n) is 1.97. The fourth-order valence-corrected chi connectivity index (χ4v) is 1.97. The van der Waals surface area contributed by atoms with Crippen molar-refractivity contribution in [1.82, 2.24) is 10.2 Å². The molecule has 0 fully saturated rings. The summed E-state index contributed by atoms with van der Waals surface area (Å²) in [6.07, 6.45) is 1.00. The molecular formula is C14H21N3O. The molecule has 1 unspecified atom stereocenters. The summed E-state index contributed by atoms with van der Waals surface area (Å²) >= 11 is 0. The van der Waals surface area contributed by atoms with E-state index < -0.39 is 0 Å².